The first-order valence-electron chi connectivity index (χ1n) is 7.59. The number of hydrogen-bond acceptors (Lipinski definition) is 3. The zero-order valence-electron chi connectivity index (χ0n) is 13.3. The van der Waals surface area contributed by atoms with Crippen LogP contribution in [0.5, 0.6) is 5.75 Å². The van der Waals surface area contributed by atoms with E-state index in [-0.39, 0.29) is 6.04 Å². The SMILES string of the molecule is CC[C@@H]1CCCCN1S(=O)(=O)c1cc(C)c(C)cc1OC. The van der Waals surface area contributed by atoms with E-state index in [0.717, 1.165) is 36.8 Å². The first-order valence-corrected chi connectivity index (χ1v) is 9.03. The van der Waals surface area contributed by atoms with Gasteiger partial charge in [0.2, 0.25) is 10.0 Å². The second kappa shape index (κ2) is 6.36. The van der Waals surface area contributed by atoms with Crippen molar-refractivity contribution in [2.24, 2.45) is 0 Å². The quantitative estimate of drug-likeness (QED) is 0.857. The number of methoxy groups -OCH3 is 1. The normalized spacial score (nSPS) is 20.5. The van der Waals surface area contributed by atoms with E-state index in [1.54, 1.807) is 10.4 Å². The van der Waals surface area contributed by atoms with E-state index in [2.05, 4.69) is 6.92 Å². The van der Waals surface area contributed by atoms with Gasteiger partial charge in [-0.25, -0.2) is 8.42 Å². The smallest absolute Gasteiger partial charge is 0.247 e. The summed E-state index contributed by atoms with van der Waals surface area (Å²) >= 11 is 0. The van der Waals surface area contributed by atoms with Gasteiger partial charge in [-0.3, -0.25) is 0 Å². The minimum absolute atomic E-state index is 0.107. The Morgan fingerprint density at radius 3 is 2.52 bits per heavy atom. The molecule has 1 aliphatic heterocycles. The molecule has 0 radical (unpaired) electrons. The molecule has 0 unspecified atom stereocenters. The van der Waals surface area contributed by atoms with Gasteiger partial charge < -0.3 is 4.74 Å². The molecule has 1 saturated heterocycles. The van der Waals surface area contributed by atoms with E-state index in [9.17, 15) is 8.42 Å². The lowest BCUT2D eigenvalue weighted by molar-refractivity contribution is 0.246. The van der Waals surface area contributed by atoms with Crippen LogP contribution in [0.3, 0.4) is 0 Å². The van der Waals surface area contributed by atoms with Crippen LogP contribution in [-0.4, -0.2) is 32.4 Å². The fourth-order valence-electron chi connectivity index (χ4n) is 2.95. The fourth-order valence-corrected chi connectivity index (χ4v) is 4.94. The lowest BCUT2D eigenvalue weighted by Crippen LogP contribution is -2.43. The summed E-state index contributed by atoms with van der Waals surface area (Å²) in [6.07, 6.45) is 3.84. The maximum Gasteiger partial charge on any atom is 0.247 e. The number of rotatable bonds is 4. The Kier molecular flexibility index (Phi) is 4.94. The molecule has 1 aromatic carbocycles. The zero-order valence-corrected chi connectivity index (χ0v) is 14.2. The van der Waals surface area contributed by atoms with Crippen molar-refractivity contribution in [3.05, 3.63) is 23.3 Å². The summed E-state index contributed by atoms with van der Waals surface area (Å²) in [5, 5.41) is 0. The van der Waals surface area contributed by atoms with Gasteiger partial charge in [0.05, 0.1) is 7.11 Å². The topological polar surface area (TPSA) is 46.6 Å². The third-order valence-electron chi connectivity index (χ3n) is 4.41. The van der Waals surface area contributed by atoms with Gasteiger partial charge in [0.15, 0.2) is 0 Å². The number of sulfonamides is 1. The van der Waals surface area contributed by atoms with Crippen LogP contribution in [0.2, 0.25) is 0 Å². The number of piperidine rings is 1. The van der Waals surface area contributed by atoms with Crippen LogP contribution >= 0.6 is 0 Å². The van der Waals surface area contributed by atoms with E-state index >= 15 is 0 Å². The summed E-state index contributed by atoms with van der Waals surface area (Å²) in [7, 11) is -1.97. The first kappa shape index (κ1) is 16.3. The minimum atomic E-state index is -3.50. The van der Waals surface area contributed by atoms with Crippen LogP contribution in [0.15, 0.2) is 17.0 Å². The molecule has 0 aliphatic carbocycles. The monoisotopic (exact) mass is 311 g/mol. The minimum Gasteiger partial charge on any atom is -0.495 e. The van der Waals surface area contributed by atoms with E-state index in [0.29, 0.717) is 17.2 Å². The number of ether oxygens (including phenoxy) is 1. The van der Waals surface area contributed by atoms with Crippen molar-refractivity contribution in [2.45, 2.75) is 57.4 Å². The Morgan fingerprint density at radius 2 is 1.90 bits per heavy atom. The molecule has 0 spiro atoms. The number of benzene rings is 1. The molecule has 1 heterocycles. The molecule has 1 aliphatic rings. The number of hydrogen-bond donors (Lipinski definition) is 0. The fraction of sp³-hybridized carbons (Fsp3) is 0.625. The average Bonchev–Trinajstić information content (AvgIpc) is 2.49. The molecule has 5 heteroatoms. The van der Waals surface area contributed by atoms with Gasteiger partial charge >= 0.3 is 0 Å². The maximum atomic E-state index is 13.0. The van der Waals surface area contributed by atoms with Crippen molar-refractivity contribution in [3.63, 3.8) is 0 Å². The van der Waals surface area contributed by atoms with E-state index < -0.39 is 10.0 Å². The highest BCUT2D eigenvalue weighted by atomic mass is 32.2. The Morgan fingerprint density at radius 1 is 1.24 bits per heavy atom. The third kappa shape index (κ3) is 3.09. The second-order valence-electron chi connectivity index (χ2n) is 5.76. The molecular weight excluding hydrogens is 286 g/mol. The summed E-state index contributed by atoms with van der Waals surface area (Å²) in [6, 6.07) is 3.66. The summed E-state index contributed by atoms with van der Waals surface area (Å²) in [5.41, 5.74) is 2.01. The molecule has 2 rings (SSSR count). The zero-order chi connectivity index (χ0) is 15.6. The molecule has 0 aromatic heterocycles. The van der Waals surface area contributed by atoms with E-state index in [1.165, 1.54) is 7.11 Å². The summed E-state index contributed by atoms with van der Waals surface area (Å²) < 4.78 is 33.1. The van der Waals surface area contributed by atoms with Gasteiger partial charge in [-0.1, -0.05) is 13.3 Å². The molecule has 1 aromatic rings. The van der Waals surface area contributed by atoms with Crippen molar-refractivity contribution >= 4 is 10.0 Å². The highest BCUT2D eigenvalue weighted by Gasteiger charge is 2.34. The lowest BCUT2D eigenvalue weighted by atomic mass is 10.0. The van der Waals surface area contributed by atoms with Gasteiger partial charge in [-0.05, 0) is 56.4 Å². The van der Waals surface area contributed by atoms with Crippen molar-refractivity contribution in [2.75, 3.05) is 13.7 Å². The largest absolute Gasteiger partial charge is 0.495 e. The summed E-state index contributed by atoms with van der Waals surface area (Å²) in [5.74, 6) is 0.443. The van der Waals surface area contributed by atoms with Crippen LogP contribution in [0.1, 0.15) is 43.7 Å². The van der Waals surface area contributed by atoms with Crippen LogP contribution < -0.4 is 4.74 Å². The summed E-state index contributed by atoms with van der Waals surface area (Å²) in [6.45, 7) is 6.55. The van der Waals surface area contributed by atoms with Gasteiger partial charge in [-0.15, -0.1) is 0 Å². The average molecular weight is 311 g/mol. The number of nitrogens with zero attached hydrogens (tertiary/aromatic N) is 1. The first-order chi connectivity index (χ1) is 9.91. The molecular formula is C16H25NO3S. The molecule has 0 N–H and O–H groups in total. The van der Waals surface area contributed by atoms with Gasteiger partial charge in [0, 0.05) is 12.6 Å². The highest BCUT2D eigenvalue weighted by Crippen LogP contribution is 2.33. The summed E-state index contributed by atoms with van der Waals surface area (Å²) in [4.78, 5) is 0.299. The maximum absolute atomic E-state index is 13.0. The van der Waals surface area contributed by atoms with Crippen molar-refractivity contribution in [1.82, 2.24) is 4.31 Å². The molecule has 118 valence electrons. The molecule has 1 fully saturated rings. The third-order valence-corrected chi connectivity index (χ3v) is 6.38. The van der Waals surface area contributed by atoms with E-state index in [4.69, 9.17) is 4.74 Å². The molecule has 4 nitrogen and oxygen atoms in total. The molecule has 0 bridgehead atoms. The Hall–Kier alpha value is -1.07. The number of aryl methyl sites for hydroxylation is 2. The standard InChI is InChI=1S/C16H25NO3S/c1-5-14-8-6-7-9-17(14)21(18,19)16-11-13(3)12(2)10-15(16)20-4/h10-11,14H,5-9H2,1-4H3/t14-/m1/s1. The van der Waals surface area contributed by atoms with Crippen molar-refractivity contribution in [1.29, 1.82) is 0 Å². The Labute approximate surface area is 128 Å². The second-order valence-corrected chi connectivity index (χ2v) is 7.62. The predicted octanol–water partition coefficient (Wildman–Crippen LogP) is 3.27. The van der Waals surface area contributed by atoms with Crippen molar-refractivity contribution < 1.29 is 13.2 Å². The van der Waals surface area contributed by atoms with Gasteiger partial charge in [-0.2, -0.15) is 4.31 Å². The van der Waals surface area contributed by atoms with E-state index in [1.807, 2.05) is 19.9 Å². The van der Waals surface area contributed by atoms with Crippen LogP contribution in [0.4, 0.5) is 0 Å². The highest BCUT2D eigenvalue weighted by molar-refractivity contribution is 7.89. The molecule has 1 atom stereocenters. The van der Waals surface area contributed by atoms with Crippen molar-refractivity contribution in [3.8, 4) is 5.75 Å². The van der Waals surface area contributed by atoms with Gasteiger partial charge in [0.25, 0.3) is 0 Å². The Balaban J connectivity index is 2.50. The molecule has 21 heavy (non-hydrogen) atoms. The predicted molar refractivity (Wildman–Crippen MR) is 84.3 cm³/mol. The Bertz CT molecular complexity index is 610. The van der Waals surface area contributed by atoms with Crippen LogP contribution in [-0.2, 0) is 10.0 Å². The molecule has 0 amide bonds. The van der Waals surface area contributed by atoms with Crippen LogP contribution in [0.25, 0.3) is 0 Å². The molecule has 0 saturated carbocycles. The van der Waals surface area contributed by atoms with Crippen LogP contribution in [0, 0.1) is 13.8 Å². The van der Waals surface area contributed by atoms with Gasteiger partial charge in [0.1, 0.15) is 10.6 Å². The lowest BCUT2D eigenvalue weighted by Gasteiger charge is -2.34.